The largest absolute Gasteiger partial charge is 0.496 e. The highest BCUT2D eigenvalue weighted by atomic mass is 79.9. The molecule has 174 valence electrons. The Morgan fingerprint density at radius 1 is 0.941 bits per heavy atom. The number of ether oxygens (including phenoxy) is 2. The summed E-state index contributed by atoms with van der Waals surface area (Å²) < 4.78 is 11.6. The molecule has 0 N–H and O–H groups in total. The topological polar surface area (TPSA) is 68.3 Å². The van der Waals surface area contributed by atoms with Gasteiger partial charge in [-0.25, -0.2) is 9.96 Å². The molecule has 0 spiro atoms. The summed E-state index contributed by atoms with van der Waals surface area (Å²) in [5.41, 5.74) is 2.10. The van der Waals surface area contributed by atoms with Crippen molar-refractivity contribution in [3.8, 4) is 11.5 Å². The lowest BCUT2D eigenvalue weighted by molar-refractivity contribution is -0.126. The Bertz CT molecular complexity index is 1220. The smallest absolute Gasteiger partial charge is 0.266 e. The van der Waals surface area contributed by atoms with Crippen LogP contribution in [0.5, 0.6) is 11.5 Å². The molecule has 2 saturated heterocycles. The first kappa shape index (κ1) is 22.4. The van der Waals surface area contributed by atoms with Crippen LogP contribution in [0.3, 0.4) is 0 Å². The average molecular weight is 523 g/mol. The zero-order valence-corrected chi connectivity index (χ0v) is 20.3. The van der Waals surface area contributed by atoms with Crippen LogP contribution >= 0.6 is 15.9 Å². The molecule has 3 aromatic carbocycles. The first-order valence-corrected chi connectivity index (χ1v) is 11.8. The van der Waals surface area contributed by atoms with Crippen molar-refractivity contribution in [1.82, 2.24) is 0 Å². The van der Waals surface area contributed by atoms with E-state index in [9.17, 15) is 9.59 Å². The third kappa shape index (κ3) is 3.73. The van der Waals surface area contributed by atoms with Crippen molar-refractivity contribution in [2.45, 2.75) is 19.1 Å². The van der Waals surface area contributed by atoms with Crippen LogP contribution in [0.25, 0.3) is 0 Å². The molecule has 2 aliphatic heterocycles. The maximum atomic E-state index is 13.7. The normalized spacial score (nSPS) is 21.7. The van der Waals surface area contributed by atoms with Gasteiger partial charge in [-0.15, -0.1) is 0 Å². The van der Waals surface area contributed by atoms with Crippen LogP contribution in [-0.2, 0) is 14.4 Å². The van der Waals surface area contributed by atoms with Crippen molar-refractivity contribution in [3.63, 3.8) is 0 Å². The number of hydroxylamine groups is 1. The number of nitrogens with zero attached hydrogens (tertiary/aromatic N) is 2. The third-order valence-electron chi connectivity index (χ3n) is 6.05. The molecule has 0 radical (unpaired) electrons. The number of rotatable bonds is 6. The SMILES string of the molecule is CCOc1ccc(N2C(=O)[C@H]3[C@@H](c4ccc(OC)c(Br)c4)N(c4ccccc4)O[C@H]3C2=O)cc1. The number of amides is 2. The maximum absolute atomic E-state index is 13.7. The van der Waals surface area contributed by atoms with Gasteiger partial charge in [0.1, 0.15) is 17.4 Å². The molecular formula is C26H23BrN2O5. The second-order valence-corrected chi connectivity index (χ2v) is 8.85. The molecule has 8 heteroatoms. The van der Waals surface area contributed by atoms with Crippen molar-refractivity contribution in [2.75, 3.05) is 23.7 Å². The van der Waals surface area contributed by atoms with Gasteiger partial charge in [0.15, 0.2) is 6.10 Å². The Labute approximate surface area is 205 Å². The van der Waals surface area contributed by atoms with Gasteiger partial charge in [0.2, 0.25) is 5.91 Å². The van der Waals surface area contributed by atoms with Crippen LogP contribution in [-0.4, -0.2) is 31.6 Å². The Balaban J connectivity index is 1.54. The molecule has 3 atom stereocenters. The van der Waals surface area contributed by atoms with E-state index in [4.69, 9.17) is 14.3 Å². The van der Waals surface area contributed by atoms with E-state index >= 15 is 0 Å². The lowest BCUT2D eigenvalue weighted by atomic mass is 9.90. The monoisotopic (exact) mass is 522 g/mol. The highest BCUT2D eigenvalue weighted by molar-refractivity contribution is 9.10. The molecule has 0 bridgehead atoms. The molecule has 3 aromatic rings. The van der Waals surface area contributed by atoms with E-state index in [2.05, 4.69) is 15.9 Å². The van der Waals surface area contributed by atoms with Crippen LogP contribution < -0.4 is 19.4 Å². The molecular weight excluding hydrogens is 500 g/mol. The predicted octanol–water partition coefficient (Wildman–Crippen LogP) is 4.91. The van der Waals surface area contributed by atoms with Gasteiger partial charge in [-0.3, -0.25) is 14.4 Å². The molecule has 2 aliphatic rings. The molecule has 2 heterocycles. The van der Waals surface area contributed by atoms with Crippen molar-refractivity contribution >= 4 is 39.1 Å². The lowest BCUT2D eigenvalue weighted by Gasteiger charge is -2.29. The lowest BCUT2D eigenvalue weighted by Crippen LogP contribution is -2.37. The summed E-state index contributed by atoms with van der Waals surface area (Å²) in [6.07, 6.45) is -0.926. The molecule has 0 aromatic heterocycles. The number of halogens is 1. The molecule has 7 nitrogen and oxygen atoms in total. The summed E-state index contributed by atoms with van der Waals surface area (Å²) in [4.78, 5) is 34.5. The number of hydrogen-bond acceptors (Lipinski definition) is 6. The van der Waals surface area contributed by atoms with Gasteiger partial charge in [0.05, 0.1) is 35.6 Å². The fourth-order valence-electron chi connectivity index (χ4n) is 4.53. The third-order valence-corrected chi connectivity index (χ3v) is 6.67. The number of hydrogen-bond donors (Lipinski definition) is 0. The van der Waals surface area contributed by atoms with Crippen molar-refractivity contribution in [1.29, 1.82) is 0 Å². The molecule has 2 amide bonds. The second-order valence-electron chi connectivity index (χ2n) is 7.99. The Hall–Kier alpha value is -3.36. The van der Waals surface area contributed by atoms with Crippen molar-refractivity contribution < 1.29 is 23.9 Å². The first-order valence-electron chi connectivity index (χ1n) is 11.0. The molecule has 5 rings (SSSR count). The number of benzene rings is 3. The molecule has 0 unspecified atom stereocenters. The number of fused-ring (bicyclic) bond motifs is 1. The van der Waals surface area contributed by atoms with E-state index in [-0.39, 0.29) is 11.8 Å². The van der Waals surface area contributed by atoms with E-state index in [0.29, 0.717) is 23.8 Å². The zero-order chi connectivity index (χ0) is 23.8. The van der Waals surface area contributed by atoms with Gasteiger partial charge in [-0.05, 0) is 76.9 Å². The Kier molecular flexibility index (Phi) is 6.02. The number of anilines is 2. The summed E-state index contributed by atoms with van der Waals surface area (Å²) >= 11 is 3.54. The molecule has 0 aliphatic carbocycles. The van der Waals surface area contributed by atoms with E-state index in [0.717, 1.165) is 15.7 Å². The standard InChI is InChI=1S/C26H23BrN2O5/c1-3-33-19-12-10-17(11-13-19)28-25(30)22-23(16-9-14-21(32-2)20(27)15-16)29(34-24(22)26(28)31)18-7-5-4-6-8-18/h4-15,22-24H,3H2,1-2H3/t22-,23+,24+/m0/s1. The second kappa shape index (κ2) is 9.12. The summed E-state index contributed by atoms with van der Waals surface area (Å²) in [6, 6.07) is 21.6. The fourth-order valence-corrected chi connectivity index (χ4v) is 5.09. The summed E-state index contributed by atoms with van der Waals surface area (Å²) in [6.45, 7) is 2.43. The number of carbonyl (C=O) groups is 2. The first-order chi connectivity index (χ1) is 16.5. The Morgan fingerprint density at radius 2 is 1.68 bits per heavy atom. The van der Waals surface area contributed by atoms with Crippen LogP contribution in [0.4, 0.5) is 11.4 Å². The van der Waals surface area contributed by atoms with Gasteiger partial charge in [0.25, 0.3) is 5.91 Å². The Morgan fingerprint density at radius 3 is 2.32 bits per heavy atom. The highest BCUT2D eigenvalue weighted by Crippen LogP contribution is 2.48. The minimum atomic E-state index is -0.926. The van der Waals surface area contributed by atoms with Crippen molar-refractivity contribution in [3.05, 3.63) is 82.8 Å². The number of para-hydroxylation sites is 1. The van der Waals surface area contributed by atoms with E-state index < -0.39 is 18.1 Å². The number of methoxy groups -OCH3 is 1. The van der Waals surface area contributed by atoms with E-state index in [1.165, 1.54) is 4.90 Å². The minimum absolute atomic E-state index is 0.297. The fraction of sp³-hybridized carbons (Fsp3) is 0.231. The van der Waals surface area contributed by atoms with Gasteiger partial charge in [0, 0.05) is 0 Å². The summed E-state index contributed by atoms with van der Waals surface area (Å²) in [5, 5.41) is 1.68. The quantitative estimate of drug-likeness (QED) is 0.428. The molecule has 34 heavy (non-hydrogen) atoms. The van der Waals surface area contributed by atoms with Crippen LogP contribution in [0, 0.1) is 5.92 Å². The van der Waals surface area contributed by atoms with Crippen molar-refractivity contribution in [2.24, 2.45) is 5.92 Å². The zero-order valence-electron chi connectivity index (χ0n) is 18.7. The summed E-state index contributed by atoms with van der Waals surface area (Å²) in [7, 11) is 1.60. The van der Waals surface area contributed by atoms with Gasteiger partial charge < -0.3 is 9.47 Å². The van der Waals surface area contributed by atoms with Crippen LogP contribution in [0.2, 0.25) is 0 Å². The van der Waals surface area contributed by atoms with Crippen LogP contribution in [0.15, 0.2) is 77.3 Å². The highest BCUT2D eigenvalue weighted by Gasteiger charge is 2.60. The summed E-state index contributed by atoms with van der Waals surface area (Å²) in [5.74, 6) is -0.0300. The van der Waals surface area contributed by atoms with Gasteiger partial charge >= 0.3 is 0 Å². The predicted molar refractivity (Wildman–Crippen MR) is 131 cm³/mol. The van der Waals surface area contributed by atoms with Gasteiger partial charge in [-0.2, -0.15) is 0 Å². The van der Waals surface area contributed by atoms with Crippen LogP contribution in [0.1, 0.15) is 18.5 Å². The number of imide groups is 1. The molecule has 0 saturated carbocycles. The number of carbonyl (C=O) groups excluding carboxylic acids is 2. The average Bonchev–Trinajstić information content (AvgIpc) is 3.36. The molecule has 2 fully saturated rings. The van der Waals surface area contributed by atoms with E-state index in [1.807, 2.05) is 55.5 Å². The van der Waals surface area contributed by atoms with Gasteiger partial charge in [-0.1, -0.05) is 24.3 Å². The minimum Gasteiger partial charge on any atom is -0.496 e. The van der Waals surface area contributed by atoms with E-state index in [1.54, 1.807) is 36.4 Å². The maximum Gasteiger partial charge on any atom is 0.266 e.